The molecule has 1 N–H and O–H groups in total. The van der Waals surface area contributed by atoms with Crippen molar-refractivity contribution in [3.8, 4) is 0 Å². The van der Waals surface area contributed by atoms with E-state index in [4.69, 9.17) is 24.7 Å². The molecule has 8 bridgehead atoms. The molecule has 21 heteroatoms. The van der Waals surface area contributed by atoms with E-state index in [9.17, 15) is 35.5 Å². The SMILES string of the molecule is CCCCCCOC(C)c1c(C)c2cc3nc(c4c5[n-]c(cc6nc(cc1[n-]2)C(C)C6CC)c(C)c5C(=O)C4)C(CCC(=O)Nc1ccc(SC2=C(/C=C/C4=[N+](CCCCS(=O)(=O)[O-])c5ccc6ccccc6c5C4(C)C)CCC/C2=C\C=C2\N(CCCCS(=O)(=O)[O-])c4ccc5ccccc5c4C2(C)C)cc1)C3C.[Na+].[Ni+2]. The smallest absolute Gasteiger partial charge is 0.748 e. The van der Waals surface area contributed by atoms with E-state index in [0.717, 1.165) is 172 Å². The van der Waals surface area contributed by atoms with Gasteiger partial charge in [0.05, 0.1) is 31.8 Å². The number of Topliss-reactive ketones (excluding diaryl/α,β-unsaturated/α-hetero) is 1. The molecule has 5 atom stereocenters. The average molecular weight is 1620 g/mol. The van der Waals surface area contributed by atoms with Gasteiger partial charge < -0.3 is 34.0 Å². The number of aromatic nitrogens is 4. The van der Waals surface area contributed by atoms with Crippen LogP contribution in [0.5, 0.6) is 0 Å². The third-order valence-corrected chi connectivity index (χ3v) is 27.0. The molecule has 6 aliphatic rings. The van der Waals surface area contributed by atoms with Gasteiger partial charge in [0.1, 0.15) is 6.54 Å². The molecule has 0 saturated carbocycles. The molecule has 0 radical (unpaired) electrons. The Balaban J connectivity index is 0.00000582. The van der Waals surface area contributed by atoms with Crippen molar-refractivity contribution in [2.45, 2.75) is 218 Å². The summed E-state index contributed by atoms with van der Waals surface area (Å²) in [7, 11) is -8.78. The third-order valence-electron chi connectivity index (χ3n) is 24.2. The van der Waals surface area contributed by atoms with Crippen LogP contribution in [0.4, 0.5) is 17.1 Å². The van der Waals surface area contributed by atoms with Gasteiger partial charge in [-0.25, -0.2) is 16.8 Å². The van der Waals surface area contributed by atoms with Crippen molar-refractivity contribution < 1.29 is 90.9 Å². The van der Waals surface area contributed by atoms with Crippen molar-refractivity contribution in [2.24, 2.45) is 0 Å². The molecular weight excluding hydrogens is 1510 g/mol. The number of nitrogens with one attached hydrogen (secondary N) is 1. The van der Waals surface area contributed by atoms with Crippen LogP contribution >= 0.6 is 11.8 Å². The number of ketones is 1. The van der Waals surface area contributed by atoms with E-state index in [1.54, 1.807) is 11.8 Å². The molecule has 0 spiro atoms. The van der Waals surface area contributed by atoms with Crippen LogP contribution < -0.4 is 49.7 Å². The van der Waals surface area contributed by atoms with Gasteiger partial charge in [0.15, 0.2) is 11.5 Å². The molecule has 5 unspecified atom stereocenters. The summed E-state index contributed by atoms with van der Waals surface area (Å²) in [5, 5.41) is 7.81. The van der Waals surface area contributed by atoms with Crippen LogP contribution in [-0.4, -0.2) is 89.1 Å². The number of hydrogen-bond acceptors (Lipinski definition) is 13. The minimum atomic E-state index is -4.39. The normalized spacial score (nSPS) is 19.5. The van der Waals surface area contributed by atoms with E-state index in [2.05, 4.69) is 199 Å². The first kappa shape index (κ1) is 84.3. The Morgan fingerprint density at radius 2 is 1.38 bits per heavy atom. The second-order valence-corrected chi connectivity index (χ2v) is 36.3. The van der Waals surface area contributed by atoms with Crippen molar-refractivity contribution in [1.29, 1.82) is 0 Å². The second kappa shape index (κ2) is 34.8. The number of aryl methyl sites for hydroxylation is 2. The summed E-state index contributed by atoms with van der Waals surface area (Å²) in [6.45, 7) is 25.8. The summed E-state index contributed by atoms with van der Waals surface area (Å²) in [6, 6.07) is 39.9. The average Bonchev–Trinajstić information content (AvgIpc) is 1.58. The van der Waals surface area contributed by atoms with Crippen molar-refractivity contribution in [3.05, 3.63) is 223 Å². The van der Waals surface area contributed by atoms with Crippen molar-refractivity contribution in [1.82, 2.24) is 19.9 Å². The first-order valence-corrected chi connectivity index (χ1v) is 43.6. The van der Waals surface area contributed by atoms with Gasteiger partial charge in [0.25, 0.3) is 0 Å². The first-order chi connectivity index (χ1) is 52.6. The molecule has 16 nitrogen and oxygen atoms in total. The molecule has 0 saturated heterocycles. The number of ether oxygens (including phenoxy) is 1. The van der Waals surface area contributed by atoms with Crippen molar-refractivity contribution in [3.63, 3.8) is 0 Å². The third kappa shape index (κ3) is 17.3. The minimum absolute atomic E-state index is 0. The summed E-state index contributed by atoms with van der Waals surface area (Å²) in [6.07, 6.45) is 18.9. The van der Waals surface area contributed by atoms with Gasteiger partial charge >= 0.3 is 46.0 Å². The minimum Gasteiger partial charge on any atom is -0.748 e. The molecule has 3 aromatic heterocycles. The second-order valence-electron chi connectivity index (χ2n) is 32.2. The summed E-state index contributed by atoms with van der Waals surface area (Å²) in [5.41, 5.74) is 19.7. The Labute approximate surface area is 697 Å². The van der Waals surface area contributed by atoms with Gasteiger partial charge in [-0.3, -0.25) is 19.6 Å². The van der Waals surface area contributed by atoms with Gasteiger partial charge in [-0.1, -0.05) is 169 Å². The van der Waals surface area contributed by atoms with Crippen LogP contribution in [0.3, 0.4) is 0 Å². The van der Waals surface area contributed by atoms with Gasteiger partial charge in [-0.2, -0.15) is 4.58 Å². The fourth-order valence-corrected chi connectivity index (χ4v) is 20.6. The fraction of sp³-hybridized carbons (Fsp3) is 0.418. The summed E-state index contributed by atoms with van der Waals surface area (Å²) < 4.78 is 80.1. The number of unbranched alkanes of at least 4 members (excludes halogenated alkanes) is 5. The Morgan fingerprint density at radius 1 is 0.732 bits per heavy atom. The Hall–Kier alpha value is -7.07. The number of carbonyl (C=O) groups excluding carboxylic acids is 2. The molecule has 7 heterocycles. The summed E-state index contributed by atoms with van der Waals surface area (Å²) >= 11 is 1.69. The van der Waals surface area contributed by atoms with E-state index in [0.29, 0.717) is 55.7 Å². The van der Waals surface area contributed by atoms with Crippen LogP contribution in [0.15, 0.2) is 166 Å². The molecule has 584 valence electrons. The van der Waals surface area contributed by atoms with Crippen LogP contribution in [-0.2, 0) is 63.5 Å². The molecule has 2 aliphatic carbocycles. The standard InChI is InChI=1S/C91H105N7O9S3.Na.Ni/c1-12-14-15-22-48-107-59(7)83-57(5)73-52-72-56(4)67(87(95-72)70-51-79(99)84-58(6)74(96-88(70)84)53-75-66(13-2)55(3)71(93-75)54-76(83)94-73)40-45-82(100)92-64-36-38-65(39-37-64)108-89-62(34-43-80-90(8,9)85-68-30-18-16-26-60(68)32-41-77(85)97(80)46-20-23-49-109(101,102)103)28-25-29-63(89)35-44-81-91(10,11)86-69-31-19-17-27-61(69)33-42-78(86)98(81)47-21-24-50-110(104,105)106;;/h16-19,26-27,30-39,41-44,52-56,59,66-67H,12-15,20-25,28-29,40,45-51H2,1-11H3,(H4-,92,93,94,95,96,99,100,101,102,103,104,105,106);;/q;+1;+2/p-3. The molecule has 14 rings (SSSR count). The van der Waals surface area contributed by atoms with Gasteiger partial charge in [-0.15, -0.1) is 22.1 Å². The number of benzene rings is 5. The van der Waals surface area contributed by atoms with E-state index in [-0.39, 0.29) is 113 Å². The number of rotatable bonds is 27. The predicted octanol–water partition coefficient (Wildman–Crippen LogP) is 16.9. The molecular formula is C91H102N7NaNiO9S3. The largest absolute Gasteiger partial charge is 2.00 e. The fourth-order valence-electron chi connectivity index (χ4n) is 18.3. The molecule has 1 amide bonds. The number of amides is 1. The van der Waals surface area contributed by atoms with Crippen LogP contribution in [0, 0.1) is 13.8 Å². The van der Waals surface area contributed by atoms with Crippen LogP contribution in [0.2, 0.25) is 0 Å². The van der Waals surface area contributed by atoms with Gasteiger partial charge in [0.2, 0.25) is 11.6 Å². The topological polar surface area (TPSA) is 230 Å². The van der Waals surface area contributed by atoms with E-state index in [1.165, 1.54) is 17.5 Å². The van der Waals surface area contributed by atoms with E-state index < -0.39 is 42.6 Å². The number of nitrogens with zero attached hydrogens (tertiary/aromatic N) is 6. The maximum Gasteiger partial charge on any atom is 2.00 e. The number of thioether (sulfide) groups is 1. The molecule has 4 aliphatic heterocycles. The monoisotopic (exact) mass is 1610 g/mol. The van der Waals surface area contributed by atoms with E-state index in [1.807, 2.05) is 31.2 Å². The molecule has 0 fully saturated rings. The maximum absolute atomic E-state index is 14.6. The zero-order valence-corrected chi connectivity index (χ0v) is 72.1. The molecule has 112 heavy (non-hydrogen) atoms. The van der Waals surface area contributed by atoms with Crippen LogP contribution in [0.1, 0.15) is 248 Å². The van der Waals surface area contributed by atoms with Crippen molar-refractivity contribution >= 4 is 110 Å². The first-order valence-electron chi connectivity index (χ1n) is 39.7. The van der Waals surface area contributed by atoms with Gasteiger partial charge in [0, 0.05) is 146 Å². The molecule has 8 aromatic rings. The Kier molecular flexibility index (Phi) is 26.2. The maximum atomic E-state index is 14.6. The number of hydrogen-bond donors (Lipinski definition) is 1. The Bertz CT molecular complexity index is 5580. The van der Waals surface area contributed by atoms with E-state index >= 15 is 0 Å². The van der Waals surface area contributed by atoms with Crippen molar-refractivity contribution in [2.75, 3.05) is 41.4 Å². The summed E-state index contributed by atoms with van der Waals surface area (Å²) in [5.74, 6) is -1.02. The zero-order chi connectivity index (χ0) is 77.7. The molecule has 5 aromatic carbocycles. The quantitative estimate of drug-likeness (QED) is 0.0218. The number of fused-ring (bicyclic) bond motifs is 14. The number of carbonyl (C=O) groups is 2. The van der Waals surface area contributed by atoms with Gasteiger partial charge in [-0.05, 0) is 184 Å². The predicted molar refractivity (Wildman–Crippen MR) is 443 cm³/mol. The summed E-state index contributed by atoms with van der Waals surface area (Å²) in [4.78, 5) is 54.8. The van der Waals surface area contributed by atoms with Crippen LogP contribution in [0.25, 0.3) is 43.6 Å². The number of allylic oxidation sites excluding steroid dienone is 7. The Morgan fingerprint density at radius 3 is 2.09 bits per heavy atom. The zero-order valence-electron chi connectivity index (χ0n) is 66.7. The number of anilines is 2.